The number of likely N-dealkylation sites (tertiary alicyclic amines) is 1. The summed E-state index contributed by atoms with van der Waals surface area (Å²) < 4.78 is 31.0. The summed E-state index contributed by atoms with van der Waals surface area (Å²) in [6, 6.07) is 11.3. The lowest BCUT2D eigenvalue weighted by Gasteiger charge is -2.16. The number of hydrogen-bond acceptors (Lipinski definition) is 5. The van der Waals surface area contributed by atoms with Gasteiger partial charge in [0.15, 0.2) is 0 Å². The van der Waals surface area contributed by atoms with Crippen LogP contribution in [0.25, 0.3) is 0 Å². The molecular formula is C19H26ClN3O4S. The van der Waals surface area contributed by atoms with Crippen molar-refractivity contribution in [2.75, 3.05) is 33.7 Å². The van der Waals surface area contributed by atoms with Crippen LogP contribution in [0.15, 0.2) is 45.9 Å². The first kappa shape index (κ1) is 22.4. The van der Waals surface area contributed by atoms with Crippen LogP contribution in [0.3, 0.4) is 0 Å². The largest absolute Gasteiger partial charge is 0.448 e. The number of aryl methyl sites for hydroxylation is 1. The fourth-order valence-corrected chi connectivity index (χ4v) is 4.36. The maximum Gasteiger partial charge on any atom is 0.275 e. The van der Waals surface area contributed by atoms with E-state index < -0.39 is 10.0 Å². The highest BCUT2D eigenvalue weighted by atomic mass is 35.5. The summed E-state index contributed by atoms with van der Waals surface area (Å²) in [5.74, 6) is 0.395. The molecule has 0 saturated carbocycles. The molecule has 0 bridgehead atoms. The molecule has 1 aliphatic heterocycles. The van der Waals surface area contributed by atoms with Gasteiger partial charge in [0.1, 0.15) is 5.76 Å². The van der Waals surface area contributed by atoms with Gasteiger partial charge in [-0.2, -0.15) is 0 Å². The zero-order valence-electron chi connectivity index (χ0n) is 16.2. The third-order valence-electron chi connectivity index (χ3n) is 5.12. The summed E-state index contributed by atoms with van der Waals surface area (Å²) in [5, 5.41) is -0.220. The van der Waals surface area contributed by atoms with Gasteiger partial charge >= 0.3 is 0 Å². The van der Waals surface area contributed by atoms with Crippen molar-refractivity contribution in [3.63, 3.8) is 0 Å². The molecule has 0 unspecified atom stereocenters. The van der Waals surface area contributed by atoms with Crippen LogP contribution in [0, 0.1) is 12.8 Å². The van der Waals surface area contributed by atoms with Gasteiger partial charge < -0.3 is 15.1 Å². The van der Waals surface area contributed by atoms with E-state index in [4.69, 9.17) is 10.2 Å². The Balaban J connectivity index is 0.00000280. The summed E-state index contributed by atoms with van der Waals surface area (Å²) in [4.78, 5) is 14.8. The number of nitrogens with two attached hydrogens (primary N) is 1. The third-order valence-corrected chi connectivity index (χ3v) is 6.79. The molecule has 0 spiro atoms. The van der Waals surface area contributed by atoms with Crippen molar-refractivity contribution in [2.24, 2.45) is 11.7 Å². The number of halogens is 1. The van der Waals surface area contributed by atoms with E-state index in [9.17, 15) is 13.2 Å². The molecule has 1 aliphatic rings. The molecular weight excluding hydrogens is 402 g/mol. The van der Waals surface area contributed by atoms with Gasteiger partial charge in [0.25, 0.3) is 15.9 Å². The number of sulfonamides is 1. The average molecular weight is 428 g/mol. The second-order valence-electron chi connectivity index (χ2n) is 7.05. The summed E-state index contributed by atoms with van der Waals surface area (Å²) >= 11 is 0. The van der Waals surface area contributed by atoms with Crippen LogP contribution in [0.1, 0.15) is 27.6 Å². The molecule has 0 aliphatic carbocycles. The highest BCUT2D eigenvalue weighted by Crippen LogP contribution is 2.33. The smallest absolute Gasteiger partial charge is 0.275 e. The minimum atomic E-state index is -3.73. The van der Waals surface area contributed by atoms with E-state index in [-0.39, 0.29) is 40.8 Å². The molecule has 1 aromatic carbocycles. The molecule has 7 nitrogen and oxygen atoms in total. The van der Waals surface area contributed by atoms with Gasteiger partial charge in [-0.1, -0.05) is 30.3 Å². The molecule has 1 aromatic heterocycles. The number of rotatable bonds is 5. The van der Waals surface area contributed by atoms with Crippen LogP contribution < -0.4 is 5.73 Å². The number of furan rings is 1. The number of hydrogen-bond donors (Lipinski definition) is 1. The van der Waals surface area contributed by atoms with Crippen LogP contribution in [-0.2, 0) is 10.0 Å². The van der Waals surface area contributed by atoms with Crippen molar-refractivity contribution in [3.05, 3.63) is 53.3 Å². The van der Waals surface area contributed by atoms with Crippen molar-refractivity contribution >= 4 is 28.3 Å². The standard InChI is InChI=1S/C19H25N3O4S.ClH/c1-13-16(9-18(26-13)27(24,25)21(2)3)19(23)22-11-15(10-20)17(12-22)14-7-5-4-6-8-14;/h4-9,15,17H,10-12,20H2,1-3H3;1H/t15-,17+;/m1./s1. The van der Waals surface area contributed by atoms with Crippen molar-refractivity contribution in [2.45, 2.75) is 17.9 Å². The van der Waals surface area contributed by atoms with E-state index in [0.29, 0.717) is 25.4 Å². The minimum absolute atomic E-state index is 0. The maximum atomic E-state index is 13.0. The number of benzene rings is 1. The third kappa shape index (κ3) is 4.10. The highest BCUT2D eigenvalue weighted by Gasteiger charge is 2.37. The van der Waals surface area contributed by atoms with Crippen molar-refractivity contribution in [3.8, 4) is 0 Å². The molecule has 154 valence electrons. The number of carbonyl (C=O) groups is 1. The predicted octanol–water partition coefficient (Wildman–Crippen LogP) is 2.07. The fraction of sp³-hybridized carbons (Fsp3) is 0.421. The molecule has 2 heterocycles. The zero-order valence-corrected chi connectivity index (χ0v) is 17.8. The van der Waals surface area contributed by atoms with Gasteiger partial charge in [-0.25, -0.2) is 12.7 Å². The Hall–Kier alpha value is -1.87. The summed E-state index contributed by atoms with van der Waals surface area (Å²) in [7, 11) is -0.885. The minimum Gasteiger partial charge on any atom is -0.448 e. The Bertz CT molecular complexity index is 928. The molecule has 1 saturated heterocycles. The molecule has 1 amide bonds. The van der Waals surface area contributed by atoms with Crippen LogP contribution in [0.2, 0.25) is 0 Å². The second-order valence-corrected chi connectivity index (χ2v) is 9.13. The first-order valence-electron chi connectivity index (χ1n) is 8.83. The number of amides is 1. The maximum absolute atomic E-state index is 13.0. The topological polar surface area (TPSA) is 96.8 Å². The molecule has 9 heteroatoms. The second kappa shape index (κ2) is 8.65. The van der Waals surface area contributed by atoms with E-state index in [1.54, 1.807) is 11.8 Å². The molecule has 1 fully saturated rings. The highest BCUT2D eigenvalue weighted by molar-refractivity contribution is 7.88. The van der Waals surface area contributed by atoms with Gasteiger partial charge in [0.2, 0.25) is 5.09 Å². The summed E-state index contributed by atoms with van der Waals surface area (Å²) in [6.45, 7) is 3.17. The van der Waals surface area contributed by atoms with Crippen LogP contribution in [-0.4, -0.2) is 57.3 Å². The van der Waals surface area contributed by atoms with E-state index in [2.05, 4.69) is 0 Å². The van der Waals surface area contributed by atoms with E-state index in [1.165, 1.54) is 20.2 Å². The van der Waals surface area contributed by atoms with Gasteiger partial charge in [0, 0.05) is 39.2 Å². The molecule has 28 heavy (non-hydrogen) atoms. The lowest BCUT2D eigenvalue weighted by molar-refractivity contribution is 0.0784. The Morgan fingerprint density at radius 3 is 2.46 bits per heavy atom. The van der Waals surface area contributed by atoms with Gasteiger partial charge in [-0.3, -0.25) is 4.79 Å². The van der Waals surface area contributed by atoms with Gasteiger partial charge in [0.05, 0.1) is 5.56 Å². The van der Waals surface area contributed by atoms with Crippen LogP contribution in [0.4, 0.5) is 0 Å². The first-order chi connectivity index (χ1) is 12.8. The van der Waals surface area contributed by atoms with Crippen LogP contribution >= 0.6 is 12.4 Å². The van der Waals surface area contributed by atoms with Crippen molar-refractivity contribution in [1.29, 1.82) is 0 Å². The lowest BCUT2D eigenvalue weighted by Crippen LogP contribution is -2.30. The quantitative estimate of drug-likeness (QED) is 0.787. The normalized spacial score (nSPS) is 19.7. The number of nitrogens with zero attached hydrogens (tertiary/aromatic N) is 2. The monoisotopic (exact) mass is 427 g/mol. The molecule has 2 N–H and O–H groups in total. The van der Waals surface area contributed by atoms with E-state index >= 15 is 0 Å². The fourth-order valence-electron chi connectivity index (χ4n) is 3.50. The zero-order chi connectivity index (χ0) is 19.8. The Kier molecular flexibility index (Phi) is 6.93. The lowest BCUT2D eigenvalue weighted by atomic mass is 9.89. The van der Waals surface area contributed by atoms with Gasteiger partial charge in [-0.15, -0.1) is 12.4 Å². The Labute approximate surface area is 171 Å². The van der Waals surface area contributed by atoms with Crippen molar-refractivity contribution < 1.29 is 17.6 Å². The summed E-state index contributed by atoms with van der Waals surface area (Å²) in [5.41, 5.74) is 7.38. The summed E-state index contributed by atoms with van der Waals surface area (Å²) in [6.07, 6.45) is 0. The van der Waals surface area contributed by atoms with Gasteiger partial charge in [-0.05, 0) is 24.9 Å². The Morgan fingerprint density at radius 1 is 1.25 bits per heavy atom. The SMILES string of the molecule is Cc1oc(S(=O)(=O)N(C)C)cc1C(=O)N1C[C@@H](CN)[C@H](c2ccccc2)C1.Cl. The molecule has 2 atom stereocenters. The number of carbonyl (C=O) groups excluding carboxylic acids is 1. The van der Waals surface area contributed by atoms with E-state index in [0.717, 1.165) is 9.87 Å². The molecule has 0 radical (unpaired) electrons. The molecule has 2 aromatic rings. The van der Waals surface area contributed by atoms with Crippen molar-refractivity contribution in [1.82, 2.24) is 9.21 Å². The molecule has 3 rings (SSSR count). The first-order valence-corrected chi connectivity index (χ1v) is 10.3. The van der Waals surface area contributed by atoms with Crippen LogP contribution in [0.5, 0.6) is 0 Å². The predicted molar refractivity (Wildman–Crippen MR) is 109 cm³/mol. The average Bonchev–Trinajstić information content (AvgIpc) is 3.26. The van der Waals surface area contributed by atoms with E-state index in [1.807, 2.05) is 30.3 Å². The Morgan fingerprint density at radius 2 is 1.89 bits per heavy atom.